The van der Waals surface area contributed by atoms with E-state index < -0.39 is 0 Å². The van der Waals surface area contributed by atoms with Crippen LogP contribution in [0.3, 0.4) is 0 Å². The van der Waals surface area contributed by atoms with E-state index in [2.05, 4.69) is 55.0 Å². The maximum Gasteiger partial charge on any atom is 0.141 e. The van der Waals surface area contributed by atoms with Crippen LogP contribution in [0.4, 0.5) is 0 Å². The van der Waals surface area contributed by atoms with Gasteiger partial charge in [-0.2, -0.15) is 0 Å². The van der Waals surface area contributed by atoms with Gasteiger partial charge in [-0.1, -0.05) is 59.0 Å². The first-order valence-electron chi connectivity index (χ1n) is 13.5. The summed E-state index contributed by atoms with van der Waals surface area (Å²) in [4.78, 5) is 23.1. The van der Waals surface area contributed by atoms with Crippen molar-refractivity contribution < 1.29 is 31.0 Å². The van der Waals surface area contributed by atoms with Crippen LogP contribution in [-0.4, -0.2) is 25.4 Å². The molecule has 0 aliphatic rings. The van der Waals surface area contributed by atoms with Crippen LogP contribution in [0.15, 0.2) is 97.2 Å². The number of hydrogen-bond donors (Lipinski definition) is 1. The molecule has 0 saturated heterocycles. The molecular formula is C36H26N3O2Pt-. The molecule has 0 bridgehead atoms. The van der Waals surface area contributed by atoms with Crippen molar-refractivity contribution in [3.8, 4) is 22.7 Å². The number of benzene rings is 4. The predicted octanol–water partition coefficient (Wildman–Crippen LogP) is 8.05. The molecule has 4 aromatic carbocycles. The molecule has 7 rings (SSSR count). The minimum absolute atomic E-state index is 0. The number of hydrogen-bond acceptors (Lipinski definition) is 4. The zero-order chi connectivity index (χ0) is 28.2. The zero-order valence-electron chi connectivity index (χ0n) is 23.3. The summed E-state index contributed by atoms with van der Waals surface area (Å²) in [6.07, 6.45) is 1.75. The normalized spacial score (nSPS) is 11.2. The number of aromatic nitrogens is 3. The average Bonchev–Trinajstić information content (AvgIpc) is 3.31. The molecular weight excluding hydrogens is 701 g/mol. The van der Waals surface area contributed by atoms with Gasteiger partial charge in [-0.25, -0.2) is 4.98 Å². The quantitative estimate of drug-likeness (QED) is 0.147. The van der Waals surface area contributed by atoms with Crippen molar-refractivity contribution >= 4 is 38.5 Å². The van der Waals surface area contributed by atoms with Crippen LogP contribution in [0.2, 0.25) is 0 Å². The van der Waals surface area contributed by atoms with Gasteiger partial charge in [0.2, 0.25) is 0 Å². The summed E-state index contributed by atoms with van der Waals surface area (Å²) in [6, 6.07) is 32.5. The molecule has 7 aromatic rings. The number of rotatable bonds is 4. The zero-order valence-corrected chi connectivity index (χ0v) is 25.5. The Hall–Kier alpha value is -4.60. The van der Waals surface area contributed by atoms with Crippen molar-refractivity contribution in [2.45, 2.75) is 20.8 Å². The molecule has 0 atom stereocenters. The maximum absolute atomic E-state index is 13.8. The number of carbonyl (C=O) groups excluding carboxylic acids is 1. The van der Waals surface area contributed by atoms with Crippen LogP contribution in [0.25, 0.3) is 49.7 Å². The molecule has 1 N–H and O–H groups in total. The van der Waals surface area contributed by atoms with Crippen LogP contribution in [-0.2, 0) is 21.1 Å². The summed E-state index contributed by atoms with van der Waals surface area (Å²) in [5.74, 6) is 0.525. The third-order valence-electron chi connectivity index (χ3n) is 7.72. The first kappa shape index (κ1) is 27.6. The Morgan fingerprint density at radius 3 is 2.31 bits per heavy atom. The number of phenolic OH excluding ortho intramolecular Hbond substituents is 1. The van der Waals surface area contributed by atoms with Gasteiger partial charge in [0, 0.05) is 38.2 Å². The molecule has 0 spiro atoms. The van der Waals surface area contributed by atoms with Crippen molar-refractivity contribution in [2.75, 3.05) is 0 Å². The molecule has 0 radical (unpaired) electrons. The van der Waals surface area contributed by atoms with Crippen molar-refractivity contribution in [3.63, 3.8) is 0 Å². The summed E-state index contributed by atoms with van der Waals surface area (Å²) in [6.45, 7) is 6.27. The Morgan fingerprint density at radius 1 is 0.810 bits per heavy atom. The Balaban J connectivity index is 0.00000316. The Labute approximate surface area is 257 Å². The second-order valence-corrected chi connectivity index (χ2v) is 10.5. The van der Waals surface area contributed by atoms with Gasteiger partial charge in [0.15, 0.2) is 0 Å². The number of para-hydroxylation sites is 1. The van der Waals surface area contributed by atoms with E-state index in [0.717, 1.165) is 55.3 Å². The molecule has 6 heteroatoms. The summed E-state index contributed by atoms with van der Waals surface area (Å²) < 4.78 is 2.03. The third kappa shape index (κ3) is 4.42. The first-order chi connectivity index (χ1) is 19.9. The first-order valence-corrected chi connectivity index (χ1v) is 13.5. The van der Waals surface area contributed by atoms with Crippen LogP contribution < -0.4 is 0 Å². The van der Waals surface area contributed by atoms with Gasteiger partial charge in [-0.05, 0) is 90.3 Å². The summed E-state index contributed by atoms with van der Waals surface area (Å²) >= 11 is 0. The van der Waals surface area contributed by atoms with Gasteiger partial charge in [-0.3, -0.25) is 4.98 Å². The number of fused-ring (bicyclic) bond motifs is 4. The molecule has 0 saturated carbocycles. The second kappa shape index (κ2) is 10.7. The van der Waals surface area contributed by atoms with Crippen molar-refractivity contribution in [1.29, 1.82) is 0 Å². The van der Waals surface area contributed by atoms with Gasteiger partial charge in [0.1, 0.15) is 22.9 Å². The fraction of sp³-hybridized carbons (Fsp3) is 0.0833. The molecule has 0 fully saturated rings. The smallest absolute Gasteiger partial charge is 0.141 e. The SMILES string of the molecule is Cc1cc(C)c(-c2ccc(O)c3nc(C(=O)c4[c-]c5c(cc4)c4ccccc4n5-c4ccccn4)ccc23)c(C)c1.[Pt]. The van der Waals surface area contributed by atoms with Crippen LogP contribution in [0.1, 0.15) is 32.7 Å². The predicted molar refractivity (Wildman–Crippen MR) is 164 cm³/mol. The van der Waals surface area contributed by atoms with Crippen LogP contribution in [0, 0.1) is 26.8 Å². The fourth-order valence-corrected chi connectivity index (χ4v) is 6.04. The van der Waals surface area contributed by atoms with E-state index in [1.54, 1.807) is 24.4 Å². The Bertz CT molecular complexity index is 2140. The molecule has 5 nitrogen and oxygen atoms in total. The summed E-state index contributed by atoms with van der Waals surface area (Å²) in [7, 11) is 0. The van der Waals surface area contributed by atoms with Gasteiger partial charge in [0.25, 0.3) is 0 Å². The minimum atomic E-state index is -0.265. The fourth-order valence-electron chi connectivity index (χ4n) is 6.04. The molecule has 3 heterocycles. The van der Waals surface area contributed by atoms with Crippen LogP contribution in [0.5, 0.6) is 5.75 Å². The largest absolute Gasteiger partial charge is 0.506 e. The number of carbonyl (C=O) groups is 1. The van der Waals surface area contributed by atoms with E-state index in [4.69, 9.17) is 0 Å². The van der Waals surface area contributed by atoms with Gasteiger partial charge in [-0.15, -0.1) is 18.2 Å². The van der Waals surface area contributed by atoms with E-state index in [-0.39, 0.29) is 38.3 Å². The van der Waals surface area contributed by atoms with E-state index in [9.17, 15) is 9.90 Å². The number of aromatic hydroxyl groups is 1. The van der Waals surface area contributed by atoms with Crippen molar-refractivity contribution in [1.82, 2.24) is 14.5 Å². The molecule has 208 valence electrons. The van der Waals surface area contributed by atoms with E-state index in [0.29, 0.717) is 11.1 Å². The van der Waals surface area contributed by atoms with Gasteiger partial charge >= 0.3 is 0 Å². The van der Waals surface area contributed by atoms with Gasteiger partial charge in [0.05, 0.1) is 5.69 Å². The second-order valence-electron chi connectivity index (χ2n) is 10.5. The van der Waals surface area contributed by atoms with Crippen molar-refractivity contribution in [3.05, 3.63) is 131 Å². The number of phenols is 1. The number of pyridine rings is 2. The maximum atomic E-state index is 13.8. The number of ketones is 1. The Kier molecular flexibility index (Phi) is 7.00. The molecule has 3 aromatic heterocycles. The number of nitrogens with zero attached hydrogens (tertiary/aromatic N) is 3. The van der Waals surface area contributed by atoms with E-state index >= 15 is 0 Å². The minimum Gasteiger partial charge on any atom is -0.506 e. The average molecular weight is 728 g/mol. The topological polar surface area (TPSA) is 68.0 Å². The van der Waals surface area contributed by atoms with E-state index in [1.165, 1.54) is 5.56 Å². The molecule has 0 unspecified atom stereocenters. The number of aryl methyl sites for hydroxylation is 3. The van der Waals surface area contributed by atoms with E-state index in [1.807, 2.05) is 59.2 Å². The van der Waals surface area contributed by atoms with Crippen LogP contribution >= 0.6 is 0 Å². The molecule has 0 amide bonds. The molecule has 0 aliphatic heterocycles. The summed E-state index contributed by atoms with van der Waals surface area (Å²) in [5.41, 5.74) is 8.40. The van der Waals surface area contributed by atoms with Gasteiger partial charge < -0.3 is 14.5 Å². The monoisotopic (exact) mass is 727 g/mol. The molecule has 0 aliphatic carbocycles. The third-order valence-corrected chi connectivity index (χ3v) is 7.72. The standard InChI is InChI=1S/C36H26N3O2.Pt/c1-21-18-22(2)34(23(3)19-21)27-14-16-32(40)35-28(27)13-15-29(38-35)36(41)24-11-12-26-25-8-4-5-9-30(25)39(31(26)20-24)33-10-6-7-17-37-33;/h4-19,40H,1-3H3;/q-1;. The molecule has 42 heavy (non-hydrogen) atoms. The van der Waals surface area contributed by atoms with Crippen molar-refractivity contribution in [2.24, 2.45) is 0 Å². The Morgan fingerprint density at radius 2 is 1.55 bits per heavy atom. The summed E-state index contributed by atoms with van der Waals surface area (Å²) in [5, 5.41) is 13.6.